The van der Waals surface area contributed by atoms with E-state index in [-0.39, 0.29) is 18.6 Å². The average molecular weight is 482 g/mol. The lowest BCUT2D eigenvalue weighted by molar-refractivity contribution is 0.122. The summed E-state index contributed by atoms with van der Waals surface area (Å²) in [5.74, 6) is 1.57. The monoisotopic (exact) mass is 481 g/mol. The maximum atomic E-state index is 11.6. The van der Waals surface area contributed by atoms with Crippen LogP contribution in [0.25, 0.3) is 22.5 Å². The summed E-state index contributed by atoms with van der Waals surface area (Å²) < 4.78 is 11.4. The van der Waals surface area contributed by atoms with Gasteiger partial charge in [0.2, 0.25) is 5.58 Å². The molecule has 0 unspecified atom stereocenters. The molecular formula is C24H31N7O4. The molecule has 11 nitrogen and oxygen atoms in total. The number of rotatable bonds is 6. The standard InChI is InChI=1S/C24H31N7O4/c1-25-24(33)26-18-4-2-17(3-5-18)22-27-20-19(16-6-8-30(9-7-16)10-13-32)29-35-21(20)23(28-22)31-11-14-34-15-12-31/h2-5,16,32H,6-15H2,1H3,(H2,25,26,33). The fourth-order valence-corrected chi connectivity index (χ4v) is 4.69. The van der Waals surface area contributed by atoms with E-state index in [2.05, 4.69) is 25.6 Å². The Hall–Kier alpha value is -3.28. The van der Waals surface area contributed by atoms with Crippen molar-refractivity contribution >= 4 is 28.6 Å². The van der Waals surface area contributed by atoms with Crippen LogP contribution in [0, 0.1) is 0 Å². The van der Waals surface area contributed by atoms with Crippen LogP contribution in [0.15, 0.2) is 28.8 Å². The highest BCUT2D eigenvalue weighted by Crippen LogP contribution is 2.36. The van der Waals surface area contributed by atoms with Crippen LogP contribution < -0.4 is 15.5 Å². The van der Waals surface area contributed by atoms with Gasteiger partial charge in [0, 0.05) is 43.9 Å². The Morgan fingerprint density at radius 2 is 1.86 bits per heavy atom. The molecule has 3 aromatic rings. The molecule has 0 aliphatic carbocycles. The van der Waals surface area contributed by atoms with Crippen molar-refractivity contribution < 1.29 is 19.2 Å². The third kappa shape index (κ3) is 5.07. The molecule has 2 amide bonds. The molecular weight excluding hydrogens is 450 g/mol. The number of aromatic nitrogens is 3. The minimum Gasteiger partial charge on any atom is -0.395 e. The van der Waals surface area contributed by atoms with Crippen LogP contribution in [-0.4, -0.2) is 90.8 Å². The molecule has 11 heteroatoms. The van der Waals surface area contributed by atoms with Gasteiger partial charge in [-0.2, -0.15) is 0 Å². The lowest BCUT2D eigenvalue weighted by atomic mass is 9.93. The predicted molar refractivity (Wildman–Crippen MR) is 132 cm³/mol. The number of nitrogens with zero attached hydrogens (tertiary/aromatic N) is 5. The Balaban J connectivity index is 1.50. The summed E-state index contributed by atoms with van der Waals surface area (Å²) in [4.78, 5) is 25.9. The number of β-amino-alcohol motifs (C(OH)–C–C–N with tert-alkyl or cyclic N) is 1. The number of likely N-dealkylation sites (tertiary alicyclic amines) is 1. The van der Waals surface area contributed by atoms with Gasteiger partial charge in [-0.15, -0.1) is 0 Å². The molecule has 2 aliphatic rings. The van der Waals surface area contributed by atoms with Crippen LogP contribution in [-0.2, 0) is 4.74 Å². The fraction of sp³-hybridized carbons (Fsp3) is 0.500. The van der Waals surface area contributed by atoms with Crippen molar-refractivity contribution in [3.63, 3.8) is 0 Å². The summed E-state index contributed by atoms with van der Waals surface area (Å²) in [6.45, 7) is 5.39. The van der Waals surface area contributed by atoms with Crippen LogP contribution in [0.4, 0.5) is 16.3 Å². The van der Waals surface area contributed by atoms with E-state index in [1.165, 1.54) is 0 Å². The number of amides is 2. The molecule has 1 aromatic carbocycles. The van der Waals surface area contributed by atoms with Gasteiger partial charge in [0.25, 0.3) is 0 Å². The van der Waals surface area contributed by atoms with Crippen LogP contribution >= 0.6 is 0 Å². The maximum absolute atomic E-state index is 11.6. The molecule has 2 aromatic heterocycles. The molecule has 0 saturated carbocycles. The van der Waals surface area contributed by atoms with E-state index in [0.29, 0.717) is 36.9 Å². The van der Waals surface area contributed by atoms with Gasteiger partial charge in [-0.25, -0.2) is 14.8 Å². The number of carbonyl (C=O) groups is 1. The van der Waals surface area contributed by atoms with Gasteiger partial charge >= 0.3 is 6.03 Å². The molecule has 0 atom stereocenters. The molecule has 0 bridgehead atoms. The number of benzene rings is 1. The Bertz CT molecular complexity index is 1150. The molecule has 0 spiro atoms. The van der Waals surface area contributed by atoms with Gasteiger partial charge < -0.3 is 34.8 Å². The number of ether oxygens (including phenoxy) is 1. The molecule has 2 aliphatic heterocycles. The van der Waals surface area contributed by atoms with Crippen LogP contribution in [0.3, 0.4) is 0 Å². The summed E-state index contributed by atoms with van der Waals surface area (Å²) in [5.41, 5.74) is 3.77. The SMILES string of the molecule is CNC(=O)Nc1ccc(-c2nc(N3CCOCC3)c3onc(C4CCN(CCO)CC4)c3n2)cc1. The molecule has 2 fully saturated rings. The van der Waals surface area contributed by atoms with Crippen molar-refractivity contribution in [1.29, 1.82) is 0 Å². The van der Waals surface area contributed by atoms with Crippen LogP contribution in [0.1, 0.15) is 24.5 Å². The number of aliphatic hydroxyl groups is 1. The molecule has 3 N–H and O–H groups in total. The van der Waals surface area contributed by atoms with E-state index in [1.807, 2.05) is 24.3 Å². The second-order valence-corrected chi connectivity index (χ2v) is 8.84. The normalized spacial score (nSPS) is 17.6. The number of anilines is 2. The van der Waals surface area contributed by atoms with Crippen LogP contribution in [0.5, 0.6) is 0 Å². The third-order valence-electron chi connectivity index (χ3n) is 6.65. The highest BCUT2D eigenvalue weighted by Gasteiger charge is 2.29. The summed E-state index contributed by atoms with van der Waals surface area (Å²) in [6.07, 6.45) is 1.88. The summed E-state index contributed by atoms with van der Waals surface area (Å²) in [7, 11) is 1.58. The maximum Gasteiger partial charge on any atom is 0.318 e. The van der Waals surface area contributed by atoms with Crippen molar-refractivity contribution in [2.75, 3.05) is 69.8 Å². The topological polar surface area (TPSA) is 129 Å². The van der Waals surface area contributed by atoms with Crippen molar-refractivity contribution in [1.82, 2.24) is 25.3 Å². The number of hydrogen-bond donors (Lipinski definition) is 3. The highest BCUT2D eigenvalue weighted by molar-refractivity contribution is 5.90. The number of aliphatic hydroxyl groups excluding tert-OH is 1. The number of fused-ring (bicyclic) bond motifs is 1. The van der Waals surface area contributed by atoms with Gasteiger partial charge in [0.15, 0.2) is 11.6 Å². The van der Waals surface area contributed by atoms with Crippen molar-refractivity contribution in [3.05, 3.63) is 30.0 Å². The van der Waals surface area contributed by atoms with Gasteiger partial charge in [-0.05, 0) is 50.2 Å². The zero-order valence-electron chi connectivity index (χ0n) is 19.9. The van der Waals surface area contributed by atoms with Gasteiger partial charge in [0.05, 0.1) is 19.8 Å². The number of urea groups is 1. The lowest BCUT2D eigenvalue weighted by Gasteiger charge is -2.30. The second-order valence-electron chi connectivity index (χ2n) is 8.84. The van der Waals surface area contributed by atoms with Crippen molar-refractivity contribution in [2.24, 2.45) is 0 Å². The zero-order chi connectivity index (χ0) is 24.2. The Kier molecular flexibility index (Phi) is 7.07. The Morgan fingerprint density at radius 1 is 1.11 bits per heavy atom. The number of hydrogen-bond acceptors (Lipinski definition) is 9. The molecule has 0 radical (unpaired) electrons. The lowest BCUT2D eigenvalue weighted by Crippen LogP contribution is -2.37. The van der Waals surface area contributed by atoms with Gasteiger partial charge in [0.1, 0.15) is 11.2 Å². The summed E-state index contributed by atoms with van der Waals surface area (Å²) in [5, 5.41) is 19.0. The first-order chi connectivity index (χ1) is 17.2. The van der Waals surface area contributed by atoms with E-state index in [1.54, 1.807) is 7.05 Å². The number of carbonyl (C=O) groups excluding carboxylic acids is 1. The van der Waals surface area contributed by atoms with Crippen molar-refractivity contribution in [2.45, 2.75) is 18.8 Å². The first-order valence-electron chi connectivity index (χ1n) is 12.1. The Morgan fingerprint density at radius 3 is 2.54 bits per heavy atom. The second kappa shape index (κ2) is 10.5. The van der Waals surface area contributed by atoms with E-state index in [4.69, 9.17) is 19.2 Å². The van der Waals surface area contributed by atoms with E-state index in [9.17, 15) is 9.90 Å². The minimum absolute atomic E-state index is 0.175. The van der Waals surface area contributed by atoms with Gasteiger partial charge in [-0.1, -0.05) is 5.16 Å². The molecule has 5 rings (SSSR count). The van der Waals surface area contributed by atoms with E-state index < -0.39 is 0 Å². The number of morpholine rings is 1. The van der Waals surface area contributed by atoms with Crippen LogP contribution in [0.2, 0.25) is 0 Å². The van der Waals surface area contributed by atoms with E-state index in [0.717, 1.165) is 61.6 Å². The third-order valence-corrected chi connectivity index (χ3v) is 6.65. The largest absolute Gasteiger partial charge is 0.395 e. The smallest absolute Gasteiger partial charge is 0.318 e. The minimum atomic E-state index is -0.274. The molecule has 186 valence electrons. The predicted octanol–water partition coefficient (Wildman–Crippen LogP) is 2.04. The van der Waals surface area contributed by atoms with Crippen molar-refractivity contribution in [3.8, 4) is 11.4 Å². The average Bonchev–Trinajstić information content (AvgIpc) is 3.34. The quantitative estimate of drug-likeness (QED) is 0.484. The number of nitrogens with one attached hydrogen (secondary N) is 2. The first kappa shape index (κ1) is 23.5. The zero-order valence-corrected chi connectivity index (χ0v) is 19.9. The number of piperidine rings is 1. The highest BCUT2D eigenvalue weighted by atomic mass is 16.5. The Labute approximate surface area is 203 Å². The summed E-state index contributed by atoms with van der Waals surface area (Å²) in [6, 6.07) is 7.19. The summed E-state index contributed by atoms with van der Waals surface area (Å²) >= 11 is 0. The molecule has 35 heavy (non-hydrogen) atoms. The van der Waals surface area contributed by atoms with E-state index >= 15 is 0 Å². The first-order valence-corrected chi connectivity index (χ1v) is 12.1. The van der Waals surface area contributed by atoms with Gasteiger partial charge in [-0.3, -0.25) is 0 Å². The fourth-order valence-electron chi connectivity index (χ4n) is 4.69. The molecule has 2 saturated heterocycles. The molecule has 4 heterocycles.